The maximum absolute atomic E-state index is 5.27. The van der Waals surface area contributed by atoms with E-state index in [-0.39, 0.29) is 0 Å². The Labute approximate surface area is 276 Å². The first-order valence-electron chi connectivity index (χ1n) is 16.3. The Morgan fingerprint density at radius 2 is 0.896 bits per heavy atom. The molecule has 0 aliphatic rings. The Kier molecular flexibility index (Phi) is 5.87. The van der Waals surface area contributed by atoms with Crippen molar-refractivity contribution < 1.29 is 0 Å². The van der Waals surface area contributed by atoms with Crippen molar-refractivity contribution in [3.8, 4) is 33.6 Å². The Morgan fingerprint density at radius 3 is 1.69 bits per heavy atom. The number of para-hydroxylation sites is 1. The molecular weight excluding hydrogens is 583 g/mol. The zero-order chi connectivity index (χ0) is 31.6. The minimum absolute atomic E-state index is 0.903. The van der Waals surface area contributed by atoms with Gasteiger partial charge >= 0.3 is 0 Å². The molecule has 10 rings (SSSR count). The smallest absolute Gasteiger partial charge is 0.0972 e. The lowest BCUT2D eigenvalue weighted by atomic mass is 9.92. The second-order valence-electron chi connectivity index (χ2n) is 12.5. The normalized spacial score (nSPS) is 11.8. The number of hydrogen-bond donors (Lipinski definition) is 0. The van der Waals surface area contributed by atoms with Crippen LogP contribution in [0.5, 0.6) is 0 Å². The van der Waals surface area contributed by atoms with Crippen molar-refractivity contribution in [1.29, 1.82) is 0 Å². The molecule has 0 aliphatic carbocycles. The second-order valence-corrected chi connectivity index (χ2v) is 12.5. The largest absolute Gasteiger partial charge is 0.248 e. The molecule has 0 saturated heterocycles. The minimum atomic E-state index is 0.903. The highest BCUT2D eigenvalue weighted by Gasteiger charge is 2.12. The molecule has 0 unspecified atom stereocenters. The fraction of sp³-hybridized carbons (Fsp3) is 0. The summed E-state index contributed by atoms with van der Waals surface area (Å²) in [6.45, 7) is 0. The maximum atomic E-state index is 5.27. The third-order valence-electron chi connectivity index (χ3n) is 9.57. The fourth-order valence-electron chi connectivity index (χ4n) is 7.17. The molecule has 0 spiro atoms. The van der Waals surface area contributed by atoms with Crippen LogP contribution in [0.1, 0.15) is 0 Å². The molecule has 3 aromatic heterocycles. The highest BCUT2D eigenvalue weighted by Crippen LogP contribution is 2.37. The molecule has 3 nitrogen and oxygen atoms in total. The van der Waals surface area contributed by atoms with Crippen LogP contribution in [0.2, 0.25) is 0 Å². The summed E-state index contributed by atoms with van der Waals surface area (Å²) < 4.78 is 0. The molecule has 0 radical (unpaired) electrons. The quantitative estimate of drug-likeness (QED) is 0.148. The summed E-state index contributed by atoms with van der Waals surface area (Å²) in [7, 11) is 0. The van der Waals surface area contributed by atoms with Crippen LogP contribution in [0.3, 0.4) is 0 Å². The van der Waals surface area contributed by atoms with Gasteiger partial charge in [0.25, 0.3) is 0 Å². The molecule has 0 aliphatic heterocycles. The number of hydrogen-bond acceptors (Lipinski definition) is 3. The molecule has 48 heavy (non-hydrogen) atoms. The first kappa shape index (κ1) is 26.7. The topological polar surface area (TPSA) is 38.7 Å². The molecule has 222 valence electrons. The monoisotopic (exact) mass is 609 g/mol. The second kappa shape index (κ2) is 10.5. The van der Waals surface area contributed by atoms with E-state index >= 15 is 0 Å². The van der Waals surface area contributed by atoms with Gasteiger partial charge in [-0.3, -0.25) is 0 Å². The number of nitrogens with zero attached hydrogens (tertiary/aromatic N) is 3. The standard InChI is InChI=1S/C45H27N3/c1-3-12-36-31(8-1)27-39(38-14-5-4-13-37(36)38)30-10-7-11-33(24-30)41-21-18-28-16-17-29-19-22-42(48-45(29)44(28)47-41)34-20-23-43-35(26-34)25-32-9-2-6-15-40(32)46-43/h1-27H. The van der Waals surface area contributed by atoms with E-state index in [9.17, 15) is 0 Å². The van der Waals surface area contributed by atoms with Gasteiger partial charge in [0.15, 0.2) is 0 Å². The van der Waals surface area contributed by atoms with E-state index in [1.807, 2.05) is 6.07 Å². The molecule has 0 N–H and O–H groups in total. The molecule has 0 fully saturated rings. The van der Waals surface area contributed by atoms with Crippen LogP contribution in [0.25, 0.3) is 98.8 Å². The van der Waals surface area contributed by atoms with Crippen molar-refractivity contribution in [3.63, 3.8) is 0 Å². The molecular formula is C45H27N3. The number of pyridine rings is 3. The third-order valence-corrected chi connectivity index (χ3v) is 9.57. The van der Waals surface area contributed by atoms with Crippen LogP contribution in [-0.4, -0.2) is 15.0 Å². The highest BCUT2D eigenvalue weighted by atomic mass is 14.8. The molecule has 10 aromatic rings. The van der Waals surface area contributed by atoms with Crippen LogP contribution in [0, 0.1) is 0 Å². The van der Waals surface area contributed by atoms with E-state index in [1.54, 1.807) is 0 Å². The summed E-state index contributed by atoms with van der Waals surface area (Å²) >= 11 is 0. The van der Waals surface area contributed by atoms with E-state index in [0.29, 0.717) is 0 Å². The van der Waals surface area contributed by atoms with E-state index in [1.165, 1.54) is 32.7 Å². The first-order valence-corrected chi connectivity index (χ1v) is 16.3. The fourth-order valence-corrected chi connectivity index (χ4v) is 7.17. The van der Waals surface area contributed by atoms with E-state index in [2.05, 4.69) is 158 Å². The van der Waals surface area contributed by atoms with Gasteiger partial charge in [0, 0.05) is 32.7 Å². The first-order chi connectivity index (χ1) is 23.7. The van der Waals surface area contributed by atoms with Gasteiger partial charge in [0.2, 0.25) is 0 Å². The Hall–Kier alpha value is -6.45. The Bertz CT molecular complexity index is 2910. The van der Waals surface area contributed by atoms with Gasteiger partial charge in [-0.2, -0.15) is 0 Å². The van der Waals surface area contributed by atoms with Gasteiger partial charge in [-0.05, 0) is 81.2 Å². The lowest BCUT2D eigenvalue weighted by Crippen LogP contribution is -1.92. The number of benzene rings is 7. The summed E-state index contributed by atoms with van der Waals surface area (Å²) in [6, 6.07) is 58.1. The minimum Gasteiger partial charge on any atom is -0.248 e. The van der Waals surface area contributed by atoms with Gasteiger partial charge in [-0.1, -0.05) is 115 Å². The van der Waals surface area contributed by atoms with Crippen molar-refractivity contribution >= 4 is 65.2 Å². The van der Waals surface area contributed by atoms with Gasteiger partial charge < -0.3 is 0 Å². The summed E-state index contributed by atoms with van der Waals surface area (Å²) in [5.74, 6) is 0. The van der Waals surface area contributed by atoms with E-state index < -0.39 is 0 Å². The summed E-state index contributed by atoms with van der Waals surface area (Å²) in [4.78, 5) is 15.4. The van der Waals surface area contributed by atoms with Crippen molar-refractivity contribution in [3.05, 3.63) is 164 Å². The van der Waals surface area contributed by atoms with Crippen molar-refractivity contribution in [2.45, 2.75) is 0 Å². The average molecular weight is 610 g/mol. The Balaban J connectivity index is 1.10. The van der Waals surface area contributed by atoms with Crippen molar-refractivity contribution in [2.75, 3.05) is 0 Å². The van der Waals surface area contributed by atoms with Gasteiger partial charge in [-0.25, -0.2) is 15.0 Å². The molecule has 0 atom stereocenters. The highest BCUT2D eigenvalue weighted by molar-refractivity contribution is 6.14. The van der Waals surface area contributed by atoms with Gasteiger partial charge in [-0.15, -0.1) is 0 Å². The average Bonchev–Trinajstić information content (AvgIpc) is 3.16. The van der Waals surface area contributed by atoms with Crippen LogP contribution < -0.4 is 0 Å². The van der Waals surface area contributed by atoms with Crippen molar-refractivity contribution in [1.82, 2.24) is 15.0 Å². The predicted molar refractivity (Wildman–Crippen MR) is 201 cm³/mol. The van der Waals surface area contributed by atoms with Crippen LogP contribution in [0.15, 0.2) is 164 Å². The zero-order valence-electron chi connectivity index (χ0n) is 25.9. The lowest BCUT2D eigenvalue weighted by molar-refractivity contribution is 1.37. The van der Waals surface area contributed by atoms with E-state index in [4.69, 9.17) is 15.0 Å². The van der Waals surface area contributed by atoms with Crippen molar-refractivity contribution in [2.24, 2.45) is 0 Å². The SMILES string of the molecule is c1cc(-c2ccc3ccc4ccc(-c5ccc6nc7ccccc7cc6c5)nc4c3n2)cc(-c2cc3ccccc3c3ccccc23)c1. The Morgan fingerprint density at radius 1 is 0.292 bits per heavy atom. The van der Waals surface area contributed by atoms with E-state index in [0.717, 1.165) is 66.1 Å². The molecule has 0 amide bonds. The predicted octanol–water partition coefficient (Wildman–Crippen LogP) is 11.8. The van der Waals surface area contributed by atoms with Crippen LogP contribution >= 0.6 is 0 Å². The maximum Gasteiger partial charge on any atom is 0.0972 e. The molecule has 3 heteroatoms. The summed E-state index contributed by atoms with van der Waals surface area (Å²) in [5, 5.41) is 9.41. The van der Waals surface area contributed by atoms with Gasteiger partial charge in [0.1, 0.15) is 0 Å². The molecule has 0 bridgehead atoms. The number of aromatic nitrogens is 3. The van der Waals surface area contributed by atoms with Crippen LogP contribution in [-0.2, 0) is 0 Å². The van der Waals surface area contributed by atoms with Crippen LogP contribution in [0.4, 0.5) is 0 Å². The molecule has 0 saturated carbocycles. The zero-order valence-corrected chi connectivity index (χ0v) is 25.9. The number of rotatable bonds is 3. The molecule has 3 heterocycles. The number of fused-ring (bicyclic) bond motifs is 8. The van der Waals surface area contributed by atoms with Gasteiger partial charge in [0.05, 0.1) is 33.5 Å². The summed E-state index contributed by atoms with van der Waals surface area (Å²) in [5.41, 5.74) is 10.2. The summed E-state index contributed by atoms with van der Waals surface area (Å²) in [6.07, 6.45) is 0. The molecule has 7 aromatic carbocycles. The third kappa shape index (κ3) is 4.33. The lowest BCUT2D eigenvalue weighted by Gasteiger charge is -2.12.